The molecule has 1 saturated carbocycles. The molecule has 6 heteroatoms. The normalized spacial score (nSPS) is 15.4. The minimum atomic E-state index is -0.161. The Morgan fingerprint density at radius 1 is 1.45 bits per heavy atom. The molecule has 22 heavy (non-hydrogen) atoms. The Kier molecular flexibility index (Phi) is 11.8. The molecule has 0 bridgehead atoms. The van der Waals surface area contributed by atoms with Crippen molar-refractivity contribution in [2.75, 3.05) is 0 Å². The lowest BCUT2D eigenvalue weighted by Crippen LogP contribution is -2.34. The predicted octanol–water partition coefficient (Wildman–Crippen LogP) is 2.89. The second kappa shape index (κ2) is 12.9. The number of aromatic nitrogens is 1. The maximum Gasteiger partial charge on any atom is 0.290 e. The van der Waals surface area contributed by atoms with Crippen LogP contribution < -0.4 is 11.1 Å². The van der Waals surface area contributed by atoms with Gasteiger partial charge in [0.1, 0.15) is 0 Å². The van der Waals surface area contributed by atoms with E-state index in [0.29, 0.717) is 5.76 Å². The fourth-order valence-electron chi connectivity index (χ4n) is 2.61. The van der Waals surface area contributed by atoms with Crippen LogP contribution in [-0.2, 0) is 4.79 Å². The molecule has 2 amide bonds. The molecule has 6 nitrogen and oxygen atoms in total. The highest BCUT2D eigenvalue weighted by molar-refractivity contribution is 5.91. The number of hydrogen-bond donors (Lipinski definition) is 2. The maximum absolute atomic E-state index is 11.7. The van der Waals surface area contributed by atoms with Crippen molar-refractivity contribution in [2.45, 2.75) is 65.3 Å². The second-order valence-corrected chi connectivity index (χ2v) is 5.13. The topological polar surface area (TPSA) is 98.2 Å². The van der Waals surface area contributed by atoms with Gasteiger partial charge < -0.3 is 15.6 Å². The zero-order valence-corrected chi connectivity index (χ0v) is 13.9. The fourth-order valence-corrected chi connectivity index (χ4v) is 2.61. The van der Waals surface area contributed by atoms with Gasteiger partial charge in [-0.3, -0.25) is 9.59 Å². The van der Waals surface area contributed by atoms with Crippen LogP contribution in [-0.4, -0.2) is 23.5 Å². The Balaban J connectivity index is 0.000000789. The Labute approximate surface area is 132 Å². The van der Waals surface area contributed by atoms with Crippen molar-refractivity contribution in [1.82, 2.24) is 10.5 Å². The molecule has 2 rings (SSSR count). The van der Waals surface area contributed by atoms with Gasteiger partial charge in [-0.25, -0.2) is 0 Å². The van der Waals surface area contributed by atoms with Crippen LogP contribution in [0.3, 0.4) is 0 Å². The fraction of sp³-hybridized carbons (Fsp3) is 0.688. The van der Waals surface area contributed by atoms with E-state index in [1.54, 1.807) is 6.07 Å². The summed E-state index contributed by atoms with van der Waals surface area (Å²) in [4.78, 5) is 20.3. The van der Waals surface area contributed by atoms with Crippen LogP contribution in [0.5, 0.6) is 0 Å². The van der Waals surface area contributed by atoms with E-state index >= 15 is 0 Å². The molecule has 1 aliphatic rings. The standard InChI is InChI=1S/C13H20N2O2.C2H6.CH3NO/c1-10(9-11-5-3-2-4-6-11)15-13(16)12-7-8-14-17-12;1-2;2-1-3/h7-8,10-11H,2-6,9H2,1H3,(H,15,16);1-2H3;1H,(H2,2,3). The zero-order chi connectivity index (χ0) is 16.8. The minimum Gasteiger partial charge on any atom is -0.372 e. The first-order chi connectivity index (χ1) is 10.7. The summed E-state index contributed by atoms with van der Waals surface area (Å²) in [5.41, 5.74) is 4.17. The first-order valence-corrected chi connectivity index (χ1v) is 8.04. The Morgan fingerprint density at radius 3 is 2.55 bits per heavy atom. The van der Waals surface area contributed by atoms with Gasteiger partial charge in [0.05, 0.1) is 6.20 Å². The average Bonchev–Trinajstić information content (AvgIpc) is 3.05. The van der Waals surface area contributed by atoms with Crippen LogP contribution in [0.25, 0.3) is 0 Å². The van der Waals surface area contributed by atoms with Gasteiger partial charge in [-0.1, -0.05) is 51.1 Å². The highest BCUT2D eigenvalue weighted by Gasteiger charge is 2.19. The number of rotatable bonds is 4. The van der Waals surface area contributed by atoms with Crippen molar-refractivity contribution in [3.05, 3.63) is 18.0 Å². The zero-order valence-electron chi connectivity index (χ0n) is 13.9. The largest absolute Gasteiger partial charge is 0.372 e. The number of carbonyl (C=O) groups is 2. The molecule has 0 aromatic carbocycles. The molecular formula is C16H29N3O3. The van der Waals surface area contributed by atoms with Gasteiger partial charge in [0.25, 0.3) is 5.91 Å². The molecule has 0 radical (unpaired) electrons. The molecule has 1 aromatic heterocycles. The van der Waals surface area contributed by atoms with E-state index in [1.807, 2.05) is 13.8 Å². The third-order valence-corrected chi connectivity index (χ3v) is 3.45. The van der Waals surface area contributed by atoms with E-state index in [9.17, 15) is 4.79 Å². The molecule has 0 aliphatic heterocycles. The quantitative estimate of drug-likeness (QED) is 0.835. The molecule has 1 aliphatic carbocycles. The van der Waals surface area contributed by atoms with Crippen molar-refractivity contribution < 1.29 is 14.1 Å². The Morgan fingerprint density at radius 2 is 2.05 bits per heavy atom. The maximum atomic E-state index is 11.7. The first kappa shape index (κ1) is 20.1. The summed E-state index contributed by atoms with van der Waals surface area (Å²) in [5.74, 6) is 0.903. The van der Waals surface area contributed by atoms with Gasteiger partial charge in [-0.2, -0.15) is 0 Å². The Bertz CT molecular complexity index is 387. The van der Waals surface area contributed by atoms with E-state index in [4.69, 9.17) is 9.32 Å². The average molecular weight is 311 g/mol. The van der Waals surface area contributed by atoms with Crippen molar-refractivity contribution in [3.8, 4) is 0 Å². The summed E-state index contributed by atoms with van der Waals surface area (Å²) < 4.78 is 4.82. The number of amides is 2. The smallest absolute Gasteiger partial charge is 0.290 e. The molecule has 1 heterocycles. The van der Waals surface area contributed by atoms with Crippen LogP contribution in [0, 0.1) is 5.92 Å². The van der Waals surface area contributed by atoms with E-state index in [2.05, 4.69) is 23.1 Å². The van der Waals surface area contributed by atoms with E-state index in [0.717, 1.165) is 12.3 Å². The molecule has 0 saturated heterocycles. The molecule has 3 N–H and O–H groups in total. The van der Waals surface area contributed by atoms with Crippen LogP contribution >= 0.6 is 0 Å². The summed E-state index contributed by atoms with van der Waals surface area (Å²) in [6.45, 7) is 6.06. The van der Waals surface area contributed by atoms with Gasteiger partial charge in [0.2, 0.25) is 12.2 Å². The third kappa shape index (κ3) is 8.44. The van der Waals surface area contributed by atoms with Crippen LogP contribution in [0.1, 0.15) is 69.9 Å². The van der Waals surface area contributed by atoms with E-state index in [1.165, 1.54) is 38.3 Å². The summed E-state index contributed by atoms with van der Waals surface area (Å²) in [6.07, 6.45) is 9.47. The SMILES string of the molecule is CC.CC(CC1CCCCC1)NC(=O)c1ccno1.NC=O. The van der Waals surface area contributed by atoms with Crippen LogP contribution in [0.4, 0.5) is 0 Å². The molecule has 1 unspecified atom stereocenters. The van der Waals surface area contributed by atoms with Crippen LogP contribution in [0.15, 0.2) is 16.8 Å². The molecule has 0 spiro atoms. The molecular weight excluding hydrogens is 282 g/mol. The number of nitrogens with zero attached hydrogens (tertiary/aromatic N) is 1. The van der Waals surface area contributed by atoms with Gasteiger partial charge in [0.15, 0.2) is 0 Å². The number of nitrogens with two attached hydrogens (primary N) is 1. The van der Waals surface area contributed by atoms with E-state index < -0.39 is 0 Å². The van der Waals surface area contributed by atoms with Gasteiger partial charge in [-0.05, 0) is 19.3 Å². The summed E-state index contributed by atoms with van der Waals surface area (Å²) in [5, 5.41) is 6.49. The van der Waals surface area contributed by atoms with Crippen molar-refractivity contribution >= 4 is 12.3 Å². The lowest BCUT2D eigenvalue weighted by atomic mass is 9.85. The van der Waals surface area contributed by atoms with Crippen LogP contribution in [0.2, 0.25) is 0 Å². The van der Waals surface area contributed by atoms with Gasteiger partial charge in [0, 0.05) is 12.1 Å². The van der Waals surface area contributed by atoms with Crippen molar-refractivity contribution in [1.29, 1.82) is 0 Å². The predicted molar refractivity (Wildman–Crippen MR) is 86.2 cm³/mol. The number of hydrogen-bond acceptors (Lipinski definition) is 4. The summed E-state index contributed by atoms with van der Waals surface area (Å²) >= 11 is 0. The number of primary amides is 1. The molecule has 1 atom stereocenters. The monoisotopic (exact) mass is 311 g/mol. The number of carbonyl (C=O) groups excluding carboxylic acids is 2. The molecule has 126 valence electrons. The second-order valence-electron chi connectivity index (χ2n) is 5.13. The molecule has 1 fully saturated rings. The highest BCUT2D eigenvalue weighted by Crippen LogP contribution is 2.27. The van der Waals surface area contributed by atoms with Gasteiger partial charge in [-0.15, -0.1) is 0 Å². The summed E-state index contributed by atoms with van der Waals surface area (Å²) in [7, 11) is 0. The van der Waals surface area contributed by atoms with Crippen molar-refractivity contribution in [2.24, 2.45) is 11.7 Å². The lowest BCUT2D eigenvalue weighted by Gasteiger charge is -2.24. The van der Waals surface area contributed by atoms with Crippen molar-refractivity contribution in [3.63, 3.8) is 0 Å². The lowest BCUT2D eigenvalue weighted by molar-refractivity contribution is -0.106. The highest BCUT2D eigenvalue weighted by atomic mass is 16.5. The van der Waals surface area contributed by atoms with E-state index in [-0.39, 0.29) is 18.4 Å². The first-order valence-electron chi connectivity index (χ1n) is 8.04. The molecule has 1 aromatic rings. The summed E-state index contributed by atoms with van der Waals surface area (Å²) in [6, 6.07) is 1.79. The minimum absolute atomic E-state index is 0.161. The Hall–Kier alpha value is -1.85. The third-order valence-electron chi connectivity index (χ3n) is 3.45. The van der Waals surface area contributed by atoms with Gasteiger partial charge >= 0.3 is 0 Å². The number of nitrogens with one attached hydrogen (secondary N) is 1.